The van der Waals surface area contributed by atoms with Gasteiger partial charge in [-0.05, 0) is 60.8 Å². The van der Waals surface area contributed by atoms with E-state index in [-0.39, 0.29) is 5.56 Å². The van der Waals surface area contributed by atoms with E-state index in [0.29, 0.717) is 11.5 Å². The molecule has 30 heavy (non-hydrogen) atoms. The Bertz CT molecular complexity index is 821. The van der Waals surface area contributed by atoms with Crippen molar-refractivity contribution in [3.63, 3.8) is 0 Å². The standard InChI is InChI=1S/C24H27F5O/c1-2-3-4-5-16-6-8-17(9-7-16)18-10-12-19(13-11-18)20-14-15-21(23(26)22(20)25)30-24(27,28)29/h10-17H,2-9H2,1H3. The van der Waals surface area contributed by atoms with Crippen molar-refractivity contribution in [2.45, 2.75) is 70.6 Å². The average Bonchev–Trinajstić information content (AvgIpc) is 2.72. The normalized spacial score (nSPS) is 19.7. The third kappa shape index (κ3) is 5.73. The number of unbranched alkanes of at least 4 members (excludes halogenated alkanes) is 2. The van der Waals surface area contributed by atoms with Crippen LogP contribution in [0.3, 0.4) is 0 Å². The average molecular weight is 426 g/mol. The molecule has 0 saturated heterocycles. The van der Waals surface area contributed by atoms with Gasteiger partial charge in [-0.15, -0.1) is 13.2 Å². The lowest BCUT2D eigenvalue weighted by Gasteiger charge is -2.29. The summed E-state index contributed by atoms with van der Waals surface area (Å²) >= 11 is 0. The fourth-order valence-electron chi connectivity index (χ4n) is 4.36. The number of halogens is 5. The zero-order chi connectivity index (χ0) is 21.7. The van der Waals surface area contributed by atoms with E-state index in [1.54, 1.807) is 12.1 Å². The smallest absolute Gasteiger partial charge is 0.403 e. The maximum absolute atomic E-state index is 14.3. The van der Waals surface area contributed by atoms with Crippen molar-refractivity contribution in [3.05, 3.63) is 53.6 Å². The fourth-order valence-corrected chi connectivity index (χ4v) is 4.36. The van der Waals surface area contributed by atoms with E-state index in [0.717, 1.165) is 30.9 Å². The maximum atomic E-state index is 14.3. The molecule has 0 N–H and O–H groups in total. The fraction of sp³-hybridized carbons (Fsp3) is 0.500. The van der Waals surface area contributed by atoms with Crippen molar-refractivity contribution in [2.75, 3.05) is 0 Å². The van der Waals surface area contributed by atoms with Gasteiger partial charge >= 0.3 is 6.36 Å². The van der Waals surface area contributed by atoms with Crippen molar-refractivity contribution in [1.82, 2.24) is 0 Å². The van der Waals surface area contributed by atoms with Gasteiger partial charge in [0.1, 0.15) is 0 Å². The van der Waals surface area contributed by atoms with Gasteiger partial charge in [0, 0.05) is 5.56 Å². The lowest BCUT2D eigenvalue weighted by atomic mass is 9.77. The highest BCUT2D eigenvalue weighted by Gasteiger charge is 2.33. The molecule has 2 aromatic carbocycles. The number of benzene rings is 2. The highest BCUT2D eigenvalue weighted by Crippen LogP contribution is 2.39. The first-order valence-electron chi connectivity index (χ1n) is 10.6. The number of hydrogen-bond donors (Lipinski definition) is 0. The minimum Gasteiger partial charge on any atom is -0.403 e. The molecule has 0 amide bonds. The summed E-state index contributed by atoms with van der Waals surface area (Å²) in [5, 5.41) is 0. The van der Waals surface area contributed by atoms with Gasteiger partial charge < -0.3 is 4.74 Å². The maximum Gasteiger partial charge on any atom is 0.573 e. The van der Waals surface area contributed by atoms with Crippen molar-refractivity contribution >= 4 is 0 Å². The van der Waals surface area contributed by atoms with E-state index in [1.165, 1.54) is 44.1 Å². The van der Waals surface area contributed by atoms with E-state index >= 15 is 0 Å². The Balaban J connectivity index is 1.66. The molecule has 0 aliphatic heterocycles. The molecule has 2 aromatic rings. The minimum atomic E-state index is -5.08. The second kappa shape index (κ2) is 9.80. The molecule has 1 saturated carbocycles. The summed E-state index contributed by atoms with van der Waals surface area (Å²) in [5.41, 5.74) is 1.50. The summed E-state index contributed by atoms with van der Waals surface area (Å²) in [6, 6.07) is 9.13. The van der Waals surface area contributed by atoms with Gasteiger partial charge in [-0.1, -0.05) is 56.9 Å². The van der Waals surface area contributed by atoms with Crippen LogP contribution in [-0.4, -0.2) is 6.36 Å². The molecule has 0 atom stereocenters. The predicted molar refractivity (Wildman–Crippen MR) is 107 cm³/mol. The van der Waals surface area contributed by atoms with E-state index < -0.39 is 23.7 Å². The van der Waals surface area contributed by atoms with Gasteiger partial charge in [0.25, 0.3) is 0 Å². The Kier molecular flexibility index (Phi) is 7.37. The number of ether oxygens (including phenoxy) is 1. The predicted octanol–water partition coefficient (Wildman–Crippen LogP) is 8.38. The molecule has 1 fully saturated rings. The van der Waals surface area contributed by atoms with Crippen LogP contribution in [0.2, 0.25) is 0 Å². The molecule has 1 aliphatic rings. The van der Waals surface area contributed by atoms with Crippen molar-refractivity contribution in [1.29, 1.82) is 0 Å². The Morgan fingerprint density at radius 1 is 0.867 bits per heavy atom. The van der Waals surface area contributed by atoms with E-state index in [9.17, 15) is 22.0 Å². The van der Waals surface area contributed by atoms with Crippen LogP contribution in [0, 0.1) is 17.6 Å². The quantitative estimate of drug-likeness (QED) is 0.319. The molecular formula is C24H27F5O. The molecule has 6 heteroatoms. The molecular weight excluding hydrogens is 399 g/mol. The van der Waals surface area contributed by atoms with Crippen LogP contribution >= 0.6 is 0 Å². The molecule has 0 unspecified atom stereocenters. The lowest BCUT2D eigenvalue weighted by Crippen LogP contribution is -2.18. The molecule has 0 aromatic heterocycles. The summed E-state index contributed by atoms with van der Waals surface area (Å²) in [4.78, 5) is 0. The molecule has 164 valence electrons. The molecule has 0 bridgehead atoms. The van der Waals surface area contributed by atoms with Crippen LogP contribution in [0.5, 0.6) is 5.75 Å². The van der Waals surface area contributed by atoms with Crippen LogP contribution in [0.15, 0.2) is 36.4 Å². The zero-order valence-electron chi connectivity index (χ0n) is 17.1. The molecule has 0 heterocycles. The van der Waals surface area contributed by atoms with Crippen LogP contribution in [0.4, 0.5) is 22.0 Å². The van der Waals surface area contributed by atoms with Gasteiger partial charge in [0.05, 0.1) is 0 Å². The van der Waals surface area contributed by atoms with Gasteiger partial charge in [-0.3, -0.25) is 0 Å². The topological polar surface area (TPSA) is 9.23 Å². The van der Waals surface area contributed by atoms with Crippen molar-refractivity contribution in [3.8, 4) is 16.9 Å². The SMILES string of the molecule is CCCCCC1CCC(c2ccc(-c3ccc(OC(F)(F)F)c(F)c3F)cc2)CC1. The third-order valence-corrected chi connectivity index (χ3v) is 6.03. The lowest BCUT2D eigenvalue weighted by molar-refractivity contribution is -0.275. The highest BCUT2D eigenvalue weighted by molar-refractivity contribution is 5.65. The van der Waals surface area contributed by atoms with Crippen molar-refractivity contribution in [2.24, 2.45) is 5.92 Å². The molecule has 0 spiro atoms. The zero-order valence-corrected chi connectivity index (χ0v) is 17.1. The van der Waals surface area contributed by atoms with Crippen molar-refractivity contribution < 1.29 is 26.7 Å². The summed E-state index contributed by atoms with van der Waals surface area (Å²) in [6.45, 7) is 2.21. The summed E-state index contributed by atoms with van der Waals surface area (Å²) in [7, 11) is 0. The third-order valence-electron chi connectivity index (χ3n) is 6.03. The van der Waals surface area contributed by atoms with Gasteiger partial charge in [0.15, 0.2) is 11.6 Å². The van der Waals surface area contributed by atoms with Gasteiger partial charge in [-0.25, -0.2) is 4.39 Å². The largest absolute Gasteiger partial charge is 0.573 e. The molecule has 1 nitrogen and oxygen atoms in total. The monoisotopic (exact) mass is 426 g/mol. The Morgan fingerprint density at radius 3 is 2.13 bits per heavy atom. The van der Waals surface area contributed by atoms with E-state index in [4.69, 9.17) is 0 Å². The first-order valence-corrected chi connectivity index (χ1v) is 10.6. The van der Waals surface area contributed by atoms with Gasteiger partial charge in [-0.2, -0.15) is 4.39 Å². The molecule has 1 aliphatic carbocycles. The number of rotatable bonds is 7. The molecule has 0 radical (unpaired) electrons. The highest BCUT2D eigenvalue weighted by atomic mass is 19.4. The van der Waals surface area contributed by atoms with E-state index in [1.807, 2.05) is 12.1 Å². The summed E-state index contributed by atoms with van der Waals surface area (Å²) in [6.07, 6.45) is 4.75. The second-order valence-corrected chi connectivity index (χ2v) is 8.12. The minimum absolute atomic E-state index is 0.0896. The van der Waals surface area contributed by atoms with Crippen LogP contribution in [0.25, 0.3) is 11.1 Å². The number of alkyl halides is 3. The Morgan fingerprint density at radius 2 is 1.53 bits per heavy atom. The van der Waals surface area contributed by atoms with Gasteiger partial charge in [0.2, 0.25) is 5.82 Å². The first kappa shape index (κ1) is 22.6. The summed E-state index contributed by atoms with van der Waals surface area (Å²) < 4.78 is 68.7. The number of hydrogen-bond acceptors (Lipinski definition) is 1. The van der Waals surface area contributed by atoms with Crippen LogP contribution in [-0.2, 0) is 0 Å². The first-order chi connectivity index (χ1) is 14.3. The Labute approximate surface area is 174 Å². The Hall–Kier alpha value is -2.11. The van der Waals surface area contributed by atoms with Crippen LogP contribution in [0.1, 0.15) is 69.8 Å². The van der Waals surface area contributed by atoms with Crippen LogP contribution < -0.4 is 4.74 Å². The molecule has 3 rings (SSSR count). The summed E-state index contributed by atoms with van der Waals surface area (Å²) in [5.74, 6) is -2.89. The second-order valence-electron chi connectivity index (χ2n) is 8.12. The van der Waals surface area contributed by atoms with E-state index in [2.05, 4.69) is 11.7 Å².